The second-order valence-electron chi connectivity index (χ2n) is 3.27. The van der Waals surface area contributed by atoms with Gasteiger partial charge < -0.3 is 10.6 Å². The van der Waals surface area contributed by atoms with Crippen LogP contribution in [0.1, 0.15) is 19.8 Å². The Labute approximate surface area is 72.7 Å². The van der Waals surface area contributed by atoms with E-state index >= 15 is 0 Å². The minimum atomic E-state index is -0.353. The molecule has 0 radical (unpaired) electrons. The van der Waals surface area contributed by atoms with Crippen molar-refractivity contribution in [3.63, 3.8) is 0 Å². The highest BCUT2D eigenvalue weighted by Crippen LogP contribution is 2.07. The van der Waals surface area contributed by atoms with Gasteiger partial charge in [0.25, 0.3) is 0 Å². The van der Waals surface area contributed by atoms with Crippen LogP contribution in [0.4, 0.5) is 0 Å². The maximum Gasteiger partial charge on any atom is 0.222 e. The molecule has 12 heavy (non-hydrogen) atoms. The minimum Gasteiger partial charge on any atom is -0.370 e. The molecule has 0 aromatic rings. The Morgan fingerprint density at radius 3 is 2.17 bits per heavy atom. The molecule has 0 bridgehead atoms. The van der Waals surface area contributed by atoms with Gasteiger partial charge in [-0.25, -0.2) is 0 Å². The SMILES string of the molecule is CC(CC(N)=O)CC(=O)N(C)C. The Morgan fingerprint density at radius 1 is 1.33 bits per heavy atom. The van der Waals surface area contributed by atoms with Crippen molar-refractivity contribution in [1.29, 1.82) is 0 Å². The largest absolute Gasteiger partial charge is 0.370 e. The molecule has 0 saturated carbocycles. The molecule has 0 rings (SSSR count). The molecule has 4 heteroatoms. The van der Waals surface area contributed by atoms with Crippen LogP contribution >= 0.6 is 0 Å². The number of nitrogens with zero attached hydrogens (tertiary/aromatic N) is 1. The third-order valence-corrected chi connectivity index (χ3v) is 1.57. The Bertz CT molecular complexity index is 178. The van der Waals surface area contributed by atoms with Crippen LogP contribution in [0.3, 0.4) is 0 Å². The average molecular weight is 172 g/mol. The first-order valence-corrected chi connectivity index (χ1v) is 3.92. The molecular weight excluding hydrogens is 156 g/mol. The molecule has 0 aromatic heterocycles. The molecule has 0 saturated heterocycles. The number of carbonyl (C=O) groups excluding carboxylic acids is 2. The summed E-state index contributed by atoms with van der Waals surface area (Å²) >= 11 is 0. The second-order valence-corrected chi connectivity index (χ2v) is 3.27. The average Bonchev–Trinajstić information content (AvgIpc) is 1.84. The van der Waals surface area contributed by atoms with E-state index in [1.54, 1.807) is 14.1 Å². The second kappa shape index (κ2) is 4.74. The quantitative estimate of drug-likeness (QED) is 0.647. The summed E-state index contributed by atoms with van der Waals surface area (Å²) in [6.45, 7) is 1.84. The van der Waals surface area contributed by atoms with Crippen molar-refractivity contribution in [2.75, 3.05) is 14.1 Å². The summed E-state index contributed by atoms with van der Waals surface area (Å²) in [5.41, 5.74) is 4.98. The van der Waals surface area contributed by atoms with Gasteiger partial charge in [0.05, 0.1) is 0 Å². The zero-order valence-electron chi connectivity index (χ0n) is 7.83. The number of amides is 2. The van der Waals surface area contributed by atoms with Crippen LogP contribution in [0, 0.1) is 5.92 Å². The molecule has 0 aliphatic rings. The van der Waals surface area contributed by atoms with Crippen LogP contribution in [0.2, 0.25) is 0 Å². The molecule has 0 spiro atoms. The molecule has 0 aliphatic carbocycles. The van der Waals surface area contributed by atoms with Crippen LogP contribution < -0.4 is 5.73 Å². The molecule has 0 aliphatic heterocycles. The summed E-state index contributed by atoms with van der Waals surface area (Å²) < 4.78 is 0. The summed E-state index contributed by atoms with van der Waals surface area (Å²) in [5.74, 6) is -0.282. The van der Waals surface area contributed by atoms with Crippen molar-refractivity contribution in [1.82, 2.24) is 4.90 Å². The molecule has 0 heterocycles. The third kappa shape index (κ3) is 4.71. The highest BCUT2D eigenvalue weighted by Gasteiger charge is 2.12. The van der Waals surface area contributed by atoms with Gasteiger partial charge in [-0.1, -0.05) is 6.92 Å². The van der Waals surface area contributed by atoms with Crippen molar-refractivity contribution >= 4 is 11.8 Å². The summed E-state index contributed by atoms with van der Waals surface area (Å²) in [4.78, 5) is 23.1. The van der Waals surface area contributed by atoms with Gasteiger partial charge in [0.1, 0.15) is 0 Å². The first-order chi connectivity index (χ1) is 5.43. The molecule has 70 valence electrons. The van der Waals surface area contributed by atoms with E-state index in [4.69, 9.17) is 5.73 Å². The highest BCUT2D eigenvalue weighted by molar-refractivity contribution is 5.78. The Morgan fingerprint density at radius 2 is 1.83 bits per heavy atom. The number of hydrogen-bond donors (Lipinski definition) is 1. The van der Waals surface area contributed by atoms with Crippen molar-refractivity contribution in [2.24, 2.45) is 11.7 Å². The van der Waals surface area contributed by atoms with E-state index in [9.17, 15) is 9.59 Å². The molecule has 4 nitrogen and oxygen atoms in total. The smallest absolute Gasteiger partial charge is 0.222 e. The lowest BCUT2D eigenvalue weighted by Crippen LogP contribution is -2.25. The maximum absolute atomic E-state index is 11.1. The Balaban J connectivity index is 3.76. The van der Waals surface area contributed by atoms with Crippen LogP contribution in [0.5, 0.6) is 0 Å². The monoisotopic (exact) mass is 172 g/mol. The lowest BCUT2D eigenvalue weighted by atomic mass is 10.0. The number of hydrogen-bond acceptors (Lipinski definition) is 2. The number of nitrogens with two attached hydrogens (primary N) is 1. The highest BCUT2D eigenvalue weighted by atomic mass is 16.2. The van der Waals surface area contributed by atoms with Crippen molar-refractivity contribution in [2.45, 2.75) is 19.8 Å². The molecular formula is C8H16N2O2. The summed E-state index contributed by atoms with van der Waals surface area (Å²) in [5, 5.41) is 0. The lowest BCUT2D eigenvalue weighted by molar-refractivity contribution is -0.129. The summed E-state index contributed by atoms with van der Waals surface area (Å²) in [6.07, 6.45) is 0.662. The fraction of sp³-hybridized carbons (Fsp3) is 0.750. The van der Waals surface area contributed by atoms with Gasteiger partial charge in [-0.15, -0.1) is 0 Å². The molecule has 0 fully saturated rings. The zero-order chi connectivity index (χ0) is 9.72. The summed E-state index contributed by atoms with van der Waals surface area (Å²) in [7, 11) is 3.39. The van der Waals surface area contributed by atoms with E-state index in [1.165, 1.54) is 4.90 Å². The molecule has 0 aromatic carbocycles. The zero-order valence-corrected chi connectivity index (χ0v) is 7.83. The van der Waals surface area contributed by atoms with Crippen LogP contribution in [-0.4, -0.2) is 30.8 Å². The van der Waals surface area contributed by atoms with E-state index in [-0.39, 0.29) is 24.2 Å². The Kier molecular flexibility index (Phi) is 4.33. The molecule has 1 unspecified atom stereocenters. The molecule has 2 amide bonds. The normalized spacial score (nSPS) is 12.2. The van der Waals surface area contributed by atoms with E-state index in [0.717, 1.165) is 0 Å². The van der Waals surface area contributed by atoms with Gasteiger partial charge in [0, 0.05) is 26.9 Å². The van der Waals surface area contributed by atoms with E-state index in [0.29, 0.717) is 6.42 Å². The van der Waals surface area contributed by atoms with Gasteiger partial charge in [0.2, 0.25) is 11.8 Å². The standard InChI is InChI=1S/C8H16N2O2/c1-6(4-7(9)11)5-8(12)10(2)3/h6H,4-5H2,1-3H3,(H2,9,11). The predicted octanol–water partition coefficient (Wildman–Crippen LogP) is -0.0238. The molecule has 2 N–H and O–H groups in total. The predicted molar refractivity (Wildman–Crippen MR) is 46.3 cm³/mol. The van der Waals surface area contributed by atoms with Gasteiger partial charge in [-0.05, 0) is 5.92 Å². The van der Waals surface area contributed by atoms with Gasteiger partial charge in [-0.2, -0.15) is 0 Å². The van der Waals surface area contributed by atoms with Crippen molar-refractivity contribution in [3.05, 3.63) is 0 Å². The van der Waals surface area contributed by atoms with E-state index in [2.05, 4.69) is 0 Å². The third-order valence-electron chi connectivity index (χ3n) is 1.57. The van der Waals surface area contributed by atoms with E-state index < -0.39 is 0 Å². The van der Waals surface area contributed by atoms with Gasteiger partial charge in [0.15, 0.2) is 0 Å². The van der Waals surface area contributed by atoms with Crippen LogP contribution in [0.15, 0.2) is 0 Å². The molecule has 1 atom stereocenters. The fourth-order valence-corrected chi connectivity index (χ4v) is 0.896. The lowest BCUT2D eigenvalue weighted by Gasteiger charge is -2.13. The number of rotatable bonds is 4. The van der Waals surface area contributed by atoms with E-state index in [1.807, 2.05) is 6.92 Å². The van der Waals surface area contributed by atoms with Gasteiger partial charge in [-0.3, -0.25) is 9.59 Å². The topological polar surface area (TPSA) is 63.4 Å². The Hall–Kier alpha value is -1.06. The number of carbonyl (C=O) groups is 2. The first-order valence-electron chi connectivity index (χ1n) is 3.92. The van der Waals surface area contributed by atoms with Crippen molar-refractivity contribution < 1.29 is 9.59 Å². The van der Waals surface area contributed by atoms with Crippen molar-refractivity contribution in [3.8, 4) is 0 Å². The minimum absolute atomic E-state index is 0.0313. The fourth-order valence-electron chi connectivity index (χ4n) is 0.896. The maximum atomic E-state index is 11.1. The van der Waals surface area contributed by atoms with Crippen LogP contribution in [0.25, 0.3) is 0 Å². The summed E-state index contributed by atoms with van der Waals surface area (Å²) in [6, 6.07) is 0. The number of primary amides is 1. The first kappa shape index (κ1) is 10.9. The van der Waals surface area contributed by atoms with Crippen LogP contribution in [-0.2, 0) is 9.59 Å². The van der Waals surface area contributed by atoms with Gasteiger partial charge >= 0.3 is 0 Å².